The summed E-state index contributed by atoms with van der Waals surface area (Å²) in [5, 5.41) is 20.0. The third-order valence-electron chi connectivity index (χ3n) is 9.80. The summed E-state index contributed by atoms with van der Waals surface area (Å²) in [6.45, 7) is 4.41. The van der Waals surface area contributed by atoms with Gasteiger partial charge in [0.05, 0.1) is 17.3 Å². The first-order valence-electron chi connectivity index (χ1n) is 15.3. The van der Waals surface area contributed by atoms with Gasteiger partial charge in [-0.1, -0.05) is 6.07 Å². The number of nitrogens with two attached hydrogens (primary N) is 1. The average Bonchev–Trinajstić information content (AvgIpc) is 3.51. The van der Waals surface area contributed by atoms with Gasteiger partial charge in [-0.15, -0.1) is 0 Å². The SMILES string of the molecule is Nc1cn(C2CCN(CCCC3CCN(c4cccc5c4C[N+]([O-])(C4CCC(=O)NC4=O)C5=O)CC3)CC2)nc1C(F)F. The predicted octanol–water partition coefficient (Wildman–Crippen LogP) is 3.51. The van der Waals surface area contributed by atoms with E-state index in [-0.39, 0.29) is 36.8 Å². The number of benzene rings is 1. The molecule has 3 saturated heterocycles. The molecule has 0 radical (unpaired) electrons. The minimum Gasteiger partial charge on any atom is -0.624 e. The van der Waals surface area contributed by atoms with E-state index in [0.29, 0.717) is 17.0 Å². The number of alkyl halides is 2. The van der Waals surface area contributed by atoms with Gasteiger partial charge in [0, 0.05) is 56.5 Å². The van der Waals surface area contributed by atoms with Crippen molar-refractivity contribution in [3.05, 3.63) is 46.4 Å². The number of fused-ring (bicyclic) bond motifs is 1. The molecular formula is C30H39F2N7O4. The molecule has 1 aromatic heterocycles. The third kappa shape index (κ3) is 5.77. The number of aromatic nitrogens is 2. The number of hydrogen-bond acceptors (Lipinski definition) is 8. The first kappa shape index (κ1) is 29.6. The molecule has 4 aliphatic rings. The van der Waals surface area contributed by atoms with Gasteiger partial charge in [0.25, 0.3) is 12.3 Å². The van der Waals surface area contributed by atoms with Gasteiger partial charge in [0.1, 0.15) is 6.54 Å². The molecule has 3 amide bonds. The van der Waals surface area contributed by atoms with E-state index in [4.69, 9.17) is 5.73 Å². The normalized spacial score (nSPS) is 25.9. The molecule has 3 N–H and O–H groups in total. The van der Waals surface area contributed by atoms with E-state index in [9.17, 15) is 28.4 Å². The van der Waals surface area contributed by atoms with Crippen LogP contribution >= 0.6 is 0 Å². The van der Waals surface area contributed by atoms with Crippen molar-refractivity contribution in [1.82, 2.24) is 20.0 Å². The summed E-state index contributed by atoms with van der Waals surface area (Å²) in [5.41, 5.74) is 7.42. The number of likely N-dealkylation sites (tertiary alicyclic amines) is 1. The Morgan fingerprint density at radius 1 is 1.07 bits per heavy atom. The number of nitrogen functional groups attached to an aromatic ring is 1. The van der Waals surface area contributed by atoms with Crippen LogP contribution in [-0.2, 0) is 16.1 Å². The first-order valence-corrected chi connectivity index (χ1v) is 15.3. The number of halogens is 2. The van der Waals surface area contributed by atoms with Crippen LogP contribution in [0.4, 0.5) is 20.2 Å². The molecule has 1 aromatic carbocycles. The van der Waals surface area contributed by atoms with Gasteiger partial charge in [-0.25, -0.2) is 13.6 Å². The Morgan fingerprint density at radius 2 is 1.81 bits per heavy atom. The van der Waals surface area contributed by atoms with E-state index in [1.807, 2.05) is 6.07 Å². The standard InChI is InChI=1S/C30H39F2N7O4/c31-28(32)27-23(33)17-38(35-27)20-10-13-36(14-11-20)12-2-3-19-8-15-37(16-9-19)24-5-1-4-21-22(24)18-39(43,30(21)42)25-6-7-26(40)34-29(25)41/h1,4-5,17,19-20,25,28H,2-3,6-16,18,33H2,(H,34,40,41). The Labute approximate surface area is 249 Å². The van der Waals surface area contributed by atoms with Crippen LogP contribution < -0.4 is 16.0 Å². The molecule has 2 atom stereocenters. The molecule has 0 aliphatic carbocycles. The second-order valence-electron chi connectivity index (χ2n) is 12.4. The number of carbonyl (C=O) groups is 3. The maximum Gasteiger partial charge on any atom is 0.347 e. The van der Waals surface area contributed by atoms with Crippen LogP contribution in [0.3, 0.4) is 0 Å². The highest BCUT2D eigenvalue weighted by Crippen LogP contribution is 2.40. The zero-order valence-electron chi connectivity index (χ0n) is 24.2. The molecule has 4 aliphatic heterocycles. The molecule has 43 heavy (non-hydrogen) atoms. The van der Waals surface area contributed by atoms with Gasteiger partial charge in [0.2, 0.25) is 5.91 Å². The minimum atomic E-state index is -2.66. The lowest BCUT2D eigenvalue weighted by atomic mass is 9.91. The summed E-state index contributed by atoms with van der Waals surface area (Å²) >= 11 is 0. The number of quaternary nitrogens is 1. The van der Waals surface area contributed by atoms with Gasteiger partial charge in [-0.3, -0.25) is 24.2 Å². The van der Waals surface area contributed by atoms with E-state index in [1.54, 1.807) is 16.8 Å². The van der Waals surface area contributed by atoms with Crippen molar-refractivity contribution in [2.45, 2.75) is 76.4 Å². The van der Waals surface area contributed by atoms with Gasteiger partial charge in [-0.05, 0) is 63.1 Å². The van der Waals surface area contributed by atoms with Crippen molar-refractivity contribution in [3.8, 4) is 0 Å². The number of nitrogens with one attached hydrogen (secondary N) is 1. The highest BCUT2D eigenvalue weighted by Gasteiger charge is 2.50. The Balaban J connectivity index is 0.973. The van der Waals surface area contributed by atoms with Gasteiger partial charge in [-0.2, -0.15) is 5.10 Å². The van der Waals surface area contributed by atoms with Crippen LogP contribution in [0.15, 0.2) is 24.4 Å². The number of hydrogen-bond donors (Lipinski definition) is 2. The number of amides is 3. The maximum absolute atomic E-state index is 13.8. The molecule has 2 unspecified atom stereocenters. The summed E-state index contributed by atoms with van der Waals surface area (Å²) in [6.07, 6.45) is 5.00. The van der Waals surface area contributed by atoms with Crippen molar-refractivity contribution >= 4 is 29.1 Å². The second kappa shape index (κ2) is 11.9. The van der Waals surface area contributed by atoms with Crippen LogP contribution in [0.5, 0.6) is 0 Å². The second-order valence-corrected chi connectivity index (χ2v) is 12.4. The average molecular weight is 600 g/mol. The van der Waals surface area contributed by atoms with E-state index < -0.39 is 34.8 Å². The number of anilines is 2. The van der Waals surface area contributed by atoms with Crippen LogP contribution in [0.25, 0.3) is 0 Å². The Morgan fingerprint density at radius 3 is 2.49 bits per heavy atom. The molecule has 6 rings (SSSR count). The molecule has 2 aromatic rings. The monoisotopic (exact) mass is 599 g/mol. The Hall–Kier alpha value is -3.42. The van der Waals surface area contributed by atoms with Gasteiger partial charge < -0.3 is 20.7 Å². The van der Waals surface area contributed by atoms with Crippen molar-refractivity contribution in [1.29, 1.82) is 0 Å². The lowest BCUT2D eigenvalue weighted by Gasteiger charge is -2.42. The number of carbonyl (C=O) groups excluding carboxylic acids is 3. The highest BCUT2D eigenvalue weighted by atomic mass is 19.3. The van der Waals surface area contributed by atoms with Crippen LogP contribution in [0.2, 0.25) is 0 Å². The summed E-state index contributed by atoms with van der Waals surface area (Å²) in [6, 6.07) is 4.43. The predicted molar refractivity (Wildman–Crippen MR) is 155 cm³/mol. The fourth-order valence-corrected chi connectivity index (χ4v) is 7.33. The largest absolute Gasteiger partial charge is 0.624 e. The quantitative estimate of drug-likeness (QED) is 0.267. The first-order chi connectivity index (χ1) is 20.6. The molecule has 0 spiro atoms. The van der Waals surface area contributed by atoms with E-state index >= 15 is 0 Å². The van der Waals surface area contributed by atoms with Crippen molar-refractivity contribution < 1.29 is 27.8 Å². The van der Waals surface area contributed by atoms with E-state index in [1.165, 1.54) is 6.20 Å². The van der Waals surface area contributed by atoms with Gasteiger partial charge >= 0.3 is 5.91 Å². The summed E-state index contributed by atoms with van der Waals surface area (Å²) in [5.74, 6) is -1.07. The van der Waals surface area contributed by atoms with Crippen molar-refractivity contribution in [2.75, 3.05) is 43.4 Å². The number of rotatable bonds is 8. The van der Waals surface area contributed by atoms with Crippen molar-refractivity contribution in [2.24, 2.45) is 5.92 Å². The molecule has 13 heteroatoms. The lowest BCUT2D eigenvalue weighted by Crippen LogP contribution is -2.60. The molecular weight excluding hydrogens is 560 g/mol. The molecule has 0 bridgehead atoms. The number of hydroxylamine groups is 3. The number of piperidine rings is 3. The van der Waals surface area contributed by atoms with Gasteiger partial charge in [0.15, 0.2) is 11.7 Å². The molecule has 232 valence electrons. The van der Waals surface area contributed by atoms with Crippen LogP contribution in [0.1, 0.15) is 85.4 Å². The number of nitrogens with zero attached hydrogens (tertiary/aromatic N) is 5. The molecule has 0 saturated carbocycles. The van der Waals surface area contributed by atoms with E-state index in [0.717, 1.165) is 76.9 Å². The smallest absolute Gasteiger partial charge is 0.347 e. The topological polar surface area (TPSA) is 137 Å². The minimum absolute atomic E-state index is 0.0542. The number of imide groups is 1. The summed E-state index contributed by atoms with van der Waals surface area (Å²) in [7, 11) is 0. The Bertz CT molecular complexity index is 1380. The Kier molecular flexibility index (Phi) is 8.22. The maximum atomic E-state index is 13.8. The zero-order valence-corrected chi connectivity index (χ0v) is 24.2. The molecule has 3 fully saturated rings. The molecule has 5 heterocycles. The lowest BCUT2D eigenvalue weighted by molar-refractivity contribution is -0.825. The fraction of sp³-hybridized carbons (Fsp3) is 0.600. The highest BCUT2D eigenvalue weighted by molar-refractivity contribution is 6.02. The zero-order chi connectivity index (χ0) is 30.3. The molecule has 11 nitrogen and oxygen atoms in total. The fourth-order valence-electron chi connectivity index (χ4n) is 7.33. The van der Waals surface area contributed by atoms with Crippen LogP contribution in [0, 0.1) is 11.1 Å². The third-order valence-corrected chi connectivity index (χ3v) is 9.80. The van der Waals surface area contributed by atoms with Crippen molar-refractivity contribution in [3.63, 3.8) is 0 Å². The summed E-state index contributed by atoms with van der Waals surface area (Å²) in [4.78, 5) is 42.0. The summed E-state index contributed by atoms with van der Waals surface area (Å²) < 4.78 is 26.4. The van der Waals surface area contributed by atoms with E-state index in [2.05, 4.69) is 20.2 Å². The van der Waals surface area contributed by atoms with Crippen LogP contribution in [-0.4, -0.2) is 75.8 Å².